The fraction of sp³-hybridized carbons (Fsp3) is 0.250. The molecule has 1 rings (SSSR count). The molecular formula is C8H8F3NO. The third kappa shape index (κ3) is 1.92. The Morgan fingerprint density at radius 1 is 1.23 bits per heavy atom. The van der Waals surface area contributed by atoms with Crippen LogP contribution in [0.5, 0.6) is 0 Å². The molecule has 13 heavy (non-hydrogen) atoms. The Morgan fingerprint density at radius 3 is 2.08 bits per heavy atom. The minimum Gasteiger partial charge on any atom is -0.376 e. The summed E-state index contributed by atoms with van der Waals surface area (Å²) in [5, 5.41) is 8.63. The van der Waals surface area contributed by atoms with E-state index in [1.165, 1.54) is 11.9 Å². The van der Waals surface area contributed by atoms with Crippen molar-refractivity contribution in [2.24, 2.45) is 0 Å². The van der Waals surface area contributed by atoms with Gasteiger partial charge in [-0.15, -0.1) is 0 Å². The van der Waals surface area contributed by atoms with Gasteiger partial charge in [0.1, 0.15) is 6.73 Å². The molecule has 0 radical (unpaired) electrons. The number of aliphatic hydroxyl groups excluding tert-OH is 1. The first-order chi connectivity index (χ1) is 6.06. The summed E-state index contributed by atoms with van der Waals surface area (Å²) in [5.74, 6) is -4.04. The lowest BCUT2D eigenvalue weighted by Gasteiger charge is -2.15. The Kier molecular flexibility index (Phi) is 2.77. The molecule has 0 bridgehead atoms. The van der Waals surface area contributed by atoms with Gasteiger partial charge in [-0.3, -0.25) is 0 Å². The topological polar surface area (TPSA) is 23.5 Å². The minimum absolute atomic E-state index is 0.0823. The average Bonchev–Trinajstić information content (AvgIpc) is 2.12. The van der Waals surface area contributed by atoms with Crippen molar-refractivity contribution in [1.82, 2.24) is 0 Å². The number of aliphatic hydroxyl groups is 1. The van der Waals surface area contributed by atoms with Crippen LogP contribution in [0.1, 0.15) is 0 Å². The van der Waals surface area contributed by atoms with Crippen LogP contribution >= 0.6 is 0 Å². The van der Waals surface area contributed by atoms with Gasteiger partial charge in [0, 0.05) is 24.9 Å². The number of nitrogens with zero attached hydrogens (tertiary/aromatic N) is 1. The highest BCUT2D eigenvalue weighted by Gasteiger charge is 2.11. The van der Waals surface area contributed by atoms with Gasteiger partial charge in [-0.2, -0.15) is 0 Å². The summed E-state index contributed by atoms with van der Waals surface area (Å²) >= 11 is 0. The van der Waals surface area contributed by atoms with E-state index in [0.29, 0.717) is 0 Å². The number of rotatable bonds is 2. The molecule has 5 heteroatoms. The highest BCUT2D eigenvalue weighted by Crippen LogP contribution is 2.19. The summed E-state index contributed by atoms with van der Waals surface area (Å²) in [7, 11) is 1.42. The summed E-state index contributed by atoms with van der Waals surface area (Å²) in [6.45, 7) is -0.398. The van der Waals surface area contributed by atoms with Gasteiger partial charge in [-0.25, -0.2) is 13.2 Å². The number of halogens is 3. The lowest BCUT2D eigenvalue weighted by molar-refractivity contribution is 0.298. The van der Waals surface area contributed by atoms with Crippen molar-refractivity contribution in [3.63, 3.8) is 0 Å². The van der Waals surface area contributed by atoms with E-state index < -0.39 is 24.2 Å². The van der Waals surface area contributed by atoms with Crippen LogP contribution in [0.25, 0.3) is 0 Å². The van der Waals surface area contributed by atoms with Gasteiger partial charge in [-0.05, 0) is 0 Å². The lowest BCUT2D eigenvalue weighted by atomic mass is 10.2. The molecule has 0 aliphatic heterocycles. The molecule has 1 N–H and O–H groups in total. The Bertz CT molecular complexity index is 293. The Labute approximate surface area is 73.2 Å². The summed E-state index contributed by atoms with van der Waals surface area (Å²) in [6.07, 6.45) is 0. The maximum Gasteiger partial charge on any atom is 0.194 e. The number of hydrogen-bond acceptors (Lipinski definition) is 2. The van der Waals surface area contributed by atoms with Crippen molar-refractivity contribution in [3.05, 3.63) is 29.6 Å². The molecule has 0 fully saturated rings. The van der Waals surface area contributed by atoms with Crippen molar-refractivity contribution in [2.75, 3.05) is 18.7 Å². The maximum absolute atomic E-state index is 12.6. The second kappa shape index (κ2) is 3.66. The third-order valence-corrected chi connectivity index (χ3v) is 1.62. The standard InChI is InChI=1S/C8H8F3NO/c1-12(4-13)5-2-6(9)8(11)7(10)3-5/h2-3,13H,4H2,1H3. The summed E-state index contributed by atoms with van der Waals surface area (Å²) < 4.78 is 37.7. The molecule has 0 aliphatic carbocycles. The smallest absolute Gasteiger partial charge is 0.194 e. The van der Waals surface area contributed by atoms with E-state index in [9.17, 15) is 13.2 Å². The lowest BCUT2D eigenvalue weighted by Crippen LogP contribution is -2.18. The highest BCUT2D eigenvalue weighted by atomic mass is 19.2. The predicted octanol–water partition coefficient (Wildman–Crippen LogP) is 1.49. The molecule has 2 nitrogen and oxygen atoms in total. The van der Waals surface area contributed by atoms with E-state index in [1.54, 1.807) is 0 Å². The molecule has 0 heterocycles. The first-order valence-electron chi connectivity index (χ1n) is 3.52. The van der Waals surface area contributed by atoms with Gasteiger partial charge in [0.05, 0.1) is 0 Å². The maximum atomic E-state index is 12.6. The van der Waals surface area contributed by atoms with Crippen LogP contribution in [0.15, 0.2) is 12.1 Å². The normalized spacial score (nSPS) is 10.2. The van der Waals surface area contributed by atoms with Crippen molar-refractivity contribution in [2.45, 2.75) is 0 Å². The predicted molar refractivity (Wildman–Crippen MR) is 41.8 cm³/mol. The first-order valence-corrected chi connectivity index (χ1v) is 3.52. The van der Waals surface area contributed by atoms with E-state index in [2.05, 4.69) is 0 Å². The zero-order chi connectivity index (χ0) is 10.0. The van der Waals surface area contributed by atoms with Gasteiger partial charge in [0.15, 0.2) is 17.5 Å². The summed E-state index contributed by atoms with van der Waals surface area (Å²) in [6, 6.07) is 1.63. The van der Waals surface area contributed by atoms with Crippen molar-refractivity contribution < 1.29 is 18.3 Å². The molecule has 0 aromatic heterocycles. The molecule has 0 spiro atoms. The van der Waals surface area contributed by atoms with Gasteiger partial charge in [-0.1, -0.05) is 0 Å². The Balaban J connectivity index is 3.13. The summed E-state index contributed by atoms with van der Waals surface area (Å²) in [5.41, 5.74) is 0.0823. The molecule has 1 aromatic carbocycles. The summed E-state index contributed by atoms with van der Waals surface area (Å²) in [4.78, 5) is 1.17. The Hall–Kier alpha value is -1.23. The average molecular weight is 191 g/mol. The largest absolute Gasteiger partial charge is 0.376 e. The molecule has 1 aromatic rings. The third-order valence-electron chi connectivity index (χ3n) is 1.62. The van der Waals surface area contributed by atoms with Gasteiger partial charge in [0.25, 0.3) is 0 Å². The number of hydrogen-bond donors (Lipinski definition) is 1. The van der Waals surface area contributed by atoms with E-state index in [0.717, 1.165) is 12.1 Å². The Morgan fingerprint density at radius 2 is 1.69 bits per heavy atom. The van der Waals surface area contributed by atoms with Crippen LogP contribution in [-0.4, -0.2) is 18.9 Å². The van der Waals surface area contributed by atoms with Crippen LogP contribution in [0.2, 0.25) is 0 Å². The van der Waals surface area contributed by atoms with E-state index in [4.69, 9.17) is 5.11 Å². The van der Waals surface area contributed by atoms with Crippen LogP contribution in [0.3, 0.4) is 0 Å². The van der Waals surface area contributed by atoms with E-state index in [1.807, 2.05) is 0 Å². The van der Waals surface area contributed by atoms with Gasteiger partial charge < -0.3 is 10.0 Å². The van der Waals surface area contributed by atoms with E-state index >= 15 is 0 Å². The van der Waals surface area contributed by atoms with Crippen molar-refractivity contribution in [1.29, 1.82) is 0 Å². The highest BCUT2D eigenvalue weighted by molar-refractivity contribution is 5.45. The van der Waals surface area contributed by atoms with Crippen molar-refractivity contribution >= 4 is 5.69 Å². The second-order valence-electron chi connectivity index (χ2n) is 2.56. The molecule has 0 saturated carbocycles. The van der Waals surface area contributed by atoms with Gasteiger partial charge >= 0.3 is 0 Å². The zero-order valence-corrected chi connectivity index (χ0v) is 6.89. The van der Waals surface area contributed by atoms with Crippen LogP contribution in [0, 0.1) is 17.5 Å². The SMILES string of the molecule is CN(CO)c1cc(F)c(F)c(F)c1. The monoisotopic (exact) mass is 191 g/mol. The van der Waals surface area contributed by atoms with Crippen LogP contribution < -0.4 is 4.90 Å². The number of anilines is 1. The molecule has 0 amide bonds. The fourth-order valence-corrected chi connectivity index (χ4v) is 0.844. The van der Waals surface area contributed by atoms with Gasteiger partial charge in [0.2, 0.25) is 0 Å². The van der Waals surface area contributed by atoms with Crippen LogP contribution in [0.4, 0.5) is 18.9 Å². The molecule has 72 valence electrons. The van der Waals surface area contributed by atoms with Crippen LogP contribution in [-0.2, 0) is 0 Å². The first kappa shape index (κ1) is 9.85. The fourth-order valence-electron chi connectivity index (χ4n) is 0.844. The molecule has 0 atom stereocenters. The van der Waals surface area contributed by atoms with Crippen molar-refractivity contribution in [3.8, 4) is 0 Å². The molecule has 0 saturated heterocycles. The molecular weight excluding hydrogens is 183 g/mol. The molecule has 0 unspecified atom stereocenters. The number of benzene rings is 1. The zero-order valence-electron chi connectivity index (χ0n) is 6.89. The van der Waals surface area contributed by atoms with E-state index in [-0.39, 0.29) is 5.69 Å². The quantitative estimate of drug-likeness (QED) is 0.565. The molecule has 0 aliphatic rings. The minimum atomic E-state index is -1.50. The second-order valence-corrected chi connectivity index (χ2v) is 2.56.